The van der Waals surface area contributed by atoms with Crippen LogP contribution in [-0.2, 0) is 17.8 Å². The normalized spacial score (nSPS) is 12.2. The third-order valence-corrected chi connectivity index (χ3v) is 4.16. The number of aromatic nitrogens is 1. The van der Waals surface area contributed by atoms with Crippen LogP contribution in [0.5, 0.6) is 0 Å². The van der Waals surface area contributed by atoms with E-state index in [-0.39, 0.29) is 18.4 Å². The van der Waals surface area contributed by atoms with E-state index in [0.29, 0.717) is 13.2 Å². The lowest BCUT2D eigenvalue weighted by Crippen LogP contribution is -2.28. The molecule has 1 unspecified atom stereocenters. The van der Waals surface area contributed by atoms with Crippen molar-refractivity contribution in [2.24, 2.45) is 5.73 Å². The molecule has 0 fully saturated rings. The Morgan fingerprint density at radius 2 is 2.05 bits per heavy atom. The van der Waals surface area contributed by atoms with Crippen molar-refractivity contribution in [2.45, 2.75) is 19.1 Å². The highest BCUT2D eigenvalue weighted by Gasteiger charge is 2.09. The average molecular weight is 323 g/mol. The average Bonchev–Trinajstić information content (AvgIpc) is 3.09. The van der Waals surface area contributed by atoms with Crippen LogP contribution in [0.15, 0.2) is 48.0 Å². The molecule has 0 aliphatic heterocycles. The molecule has 21 heavy (non-hydrogen) atoms. The molecular weight excluding hydrogens is 304 g/mol. The SMILES string of the molecule is Cl.NC(COCc1cccs1)Cc1c[nH]c2ccccc12. The van der Waals surface area contributed by atoms with Gasteiger partial charge >= 0.3 is 0 Å². The number of benzene rings is 1. The minimum absolute atomic E-state index is 0. The molecule has 2 heterocycles. The number of ether oxygens (including phenoxy) is 1. The van der Waals surface area contributed by atoms with Crippen LogP contribution in [0.4, 0.5) is 0 Å². The zero-order valence-electron chi connectivity index (χ0n) is 11.6. The molecule has 0 aliphatic rings. The molecule has 3 rings (SSSR count). The van der Waals surface area contributed by atoms with Gasteiger partial charge in [0.1, 0.15) is 0 Å². The number of hydrogen-bond donors (Lipinski definition) is 2. The monoisotopic (exact) mass is 322 g/mol. The number of H-pyrrole nitrogens is 1. The van der Waals surface area contributed by atoms with Crippen LogP contribution in [0.2, 0.25) is 0 Å². The van der Waals surface area contributed by atoms with E-state index in [1.165, 1.54) is 15.8 Å². The molecule has 1 aromatic carbocycles. The first kappa shape index (κ1) is 16.0. The van der Waals surface area contributed by atoms with Gasteiger partial charge in [0.05, 0.1) is 13.2 Å². The Balaban J connectivity index is 0.00000161. The van der Waals surface area contributed by atoms with Gasteiger partial charge < -0.3 is 15.5 Å². The van der Waals surface area contributed by atoms with Crippen LogP contribution in [0.1, 0.15) is 10.4 Å². The van der Waals surface area contributed by atoms with E-state index < -0.39 is 0 Å². The Morgan fingerprint density at radius 3 is 2.86 bits per heavy atom. The summed E-state index contributed by atoms with van der Waals surface area (Å²) >= 11 is 1.71. The van der Waals surface area contributed by atoms with Gasteiger partial charge in [-0.3, -0.25) is 0 Å². The molecule has 0 radical (unpaired) electrons. The highest BCUT2D eigenvalue weighted by Crippen LogP contribution is 2.19. The first-order chi connectivity index (χ1) is 9.83. The third kappa shape index (κ3) is 4.08. The van der Waals surface area contributed by atoms with Gasteiger partial charge in [-0.2, -0.15) is 0 Å². The van der Waals surface area contributed by atoms with Gasteiger partial charge in [-0.15, -0.1) is 23.7 Å². The van der Waals surface area contributed by atoms with Crippen LogP contribution in [-0.4, -0.2) is 17.6 Å². The summed E-state index contributed by atoms with van der Waals surface area (Å²) in [6.07, 6.45) is 2.87. The summed E-state index contributed by atoms with van der Waals surface area (Å²) in [7, 11) is 0. The van der Waals surface area contributed by atoms with E-state index in [0.717, 1.165) is 11.9 Å². The number of rotatable bonds is 6. The van der Waals surface area contributed by atoms with Crippen molar-refractivity contribution >= 4 is 34.6 Å². The maximum Gasteiger partial charge on any atom is 0.0810 e. The van der Waals surface area contributed by atoms with Crippen molar-refractivity contribution in [2.75, 3.05) is 6.61 Å². The van der Waals surface area contributed by atoms with Gasteiger partial charge in [0.25, 0.3) is 0 Å². The van der Waals surface area contributed by atoms with Crippen molar-refractivity contribution in [3.05, 3.63) is 58.4 Å². The van der Waals surface area contributed by atoms with Gasteiger partial charge in [-0.05, 0) is 29.5 Å². The molecule has 2 aromatic heterocycles. The Labute approximate surface area is 134 Å². The summed E-state index contributed by atoms with van der Waals surface area (Å²) < 4.78 is 5.68. The highest BCUT2D eigenvalue weighted by atomic mass is 35.5. The zero-order valence-corrected chi connectivity index (χ0v) is 13.3. The van der Waals surface area contributed by atoms with Crippen LogP contribution >= 0.6 is 23.7 Å². The number of nitrogens with two attached hydrogens (primary N) is 1. The maximum atomic E-state index is 6.16. The fourth-order valence-electron chi connectivity index (χ4n) is 2.35. The lowest BCUT2D eigenvalue weighted by Gasteiger charge is -2.11. The van der Waals surface area contributed by atoms with E-state index in [9.17, 15) is 0 Å². The molecule has 0 saturated carbocycles. The maximum absolute atomic E-state index is 6.16. The van der Waals surface area contributed by atoms with E-state index in [1.54, 1.807) is 11.3 Å². The summed E-state index contributed by atoms with van der Waals surface area (Å²) in [6, 6.07) is 12.4. The van der Waals surface area contributed by atoms with Crippen molar-refractivity contribution in [1.29, 1.82) is 0 Å². The standard InChI is InChI=1S/C16H18N2OS.ClH/c17-13(10-19-11-14-4-3-7-20-14)8-12-9-18-16-6-2-1-5-15(12)16;/h1-7,9,13,18H,8,10-11,17H2;1H. The summed E-state index contributed by atoms with van der Waals surface area (Å²) in [5, 5.41) is 3.31. The number of aromatic amines is 1. The molecule has 0 saturated heterocycles. The molecule has 0 spiro atoms. The molecule has 3 aromatic rings. The number of nitrogens with one attached hydrogen (secondary N) is 1. The fourth-order valence-corrected chi connectivity index (χ4v) is 2.99. The summed E-state index contributed by atoms with van der Waals surface area (Å²) in [4.78, 5) is 4.52. The van der Waals surface area contributed by atoms with Crippen molar-refractivity contribution in [3.63, 3.8) is 0 Å². The lowest BCUT2D eigenvalue weighted by atomic mass is 10.1. The number of hydrogen-bond acceptors (Lipinski definition) is 3. The van der Waals surface area contributed by atoms with E-state index >= 15 is 0 Å². The van der Waals surface area contributed by atoms with Crippen LogP contribution < -0.4 is 5.73 Å². The second-order valence-electron chi connectivity index (χ2n) is 4.92. The Kier molecular flexibility index (Phi) is 5.82. The quantitative estimate of drug-likeness (QED) is 0.726. The smallest absolute Gasteiger partial charge is 0.0810 e. The van der Waals surface area contributed by atoms with Gasteiger partial charge in [-0.1, -0.05) is 24.3 Å². The summed E-state index contributed by atoms with van der Waals surface area (Å²) in [6.45, 7) is 1.23. The summed E-state index contributed by atoms with van der Waals surface area (Å²) in [5.41, 5.74) is 8.58. The van der Waals surface area contributed by atoms with Crippen LogP contribution in [0.3, 0.4) is 0 Å². The van der Waals surface area contributed by atoms with Gasteiger partial charge in [0, 0.05) is 28.0 Å². The van der Waals surface area contributed by atoms with E-state index in [1.807, 2.05) is 18.3 Å². The van der Waals surface area contributed by atoms with Crippen molar-refractivity contribution in [1.82, 2.24) is 4.98 Å². The number of para-hydroxylation sites is 1. The molecule has 3 N–H and O–H groups in total. The first-order valence-electron chi connectivity index (χ1n) is 6.73. The largest absolute Gasteiger partial charge is 0.374 e. The molecular formula is C16H19ClN2OS. The van der Waals surface area contributed by atoms with Crippen LogP contribution in [0.25, 0.3) is 10.9 Å². The fraction of sp³-hybridized carbons (Fsp3) is 0.250. The predicted molar refractivity (Wildman–Crippen MR) is 91.2 cm³/mol. The molecule has 0 bridgehead atoms. The molecule has 1 atom stereocenters. The van der Waals surface area contributed by atoms with Gasteiger partial charge in [0.15, 0.2) is 0 Å². The minimum atomic E-state index is 0. The molecule has 0 amide bonds. The lowest BCUT2D eigenvalue weighted by molar-refractivity contribution is 0.110. The topological polar surface area (TPSA) is 51.0 Å². The van der Waals surface area contributed by atoms with Crippen LogP contribution in [0, 0.1) is 0 Å². The second kappa shape index (κ2) is 7.61. The third-order valence-electron chi connectivity index (χ3n) is 3.31. The number of halogens is 1. The summed E-state index contributed by atoms with van der Waals surface area (Å²) in [5.74, 6) is 0. The van der Waals surface area contributed by atoms with Crippen molar-refractivity contribution in [3.8, 4) is 0 Å². The zero-order chi connectivity index (χ0) is 13.8. The Bertz CT molecular complexity index is 666. The van der Waals surface area contributed by atoms with Gasteiger partial charge in [-0.25, -0.2) is 0 Å². The van der Waals surface area contributed by atoms with Gasteiger partial charge in [0.2, 0.25) is 0 Å². The molecule has 5 heteroatoms. The Morgan fingerprint density at radius 1 is 1.19 bits per heavy atom. The minimum Gasteiger partial charge on any atom is -0.374 e. The second-order valence-corrected chi connectivity index (χ2v) is 5.95. The molecule has 0 aliphatic carbocycles. The predicted octanol–water partition coefficient (Wildman–Crippen LogP) is 3.74. The molecule has 112 valence electrons. The van der Waals surface area contributed by atoms with E-state index in [2.05, 4.69) is 34.6 Å². The number of thiophene rings is 1. The Hall–Kier alpha value is -1.33. The number of fused-ring (bicyclic) bond motifs is 1. The van der Waals surface area contributed by atoms with E-state index in [4.69, 9.17) is 10.5 Å². The molecule has 3 nitrogen and oxygen atoms in total. The van der Waals surface area contributed by atoms with Crippen molar-refractivity contribution < 1.29 is 4.74 Å². The highest BCUT2D eigenvalue weighted by molar-refractivity contribution is 7.09. The first-order valence-corrected chi connectivity index (χ1v) is 7.61.